The predicted molar refractivity (Wildman–Crippen MR) is 126 cm³/mol. The van der Waals surface area contributed by atoms with Crippen molar-refractivity contribution in [3.05, 3.63) is 53.9 Å². The Labute approximate surface area is 196 Å². The van der Waals surface area contributed by atoms with Gasteiger partial charge in [-0.25, -0.2) is 4.98 Å². The molecule has 1 heterocycles. The van der Waals surface area contributed by atoms with E-state index in [-0.39, 0.29) is 29.7 Å². The molecule has 2 aromatic rings. The molecule has 3 atom stereocenters. The summed E-state index contributed by atoms with van der Waals surface area (Å²) in [6, 6.07) is 11.2. The molecule has 0 unspecified atom stereocenters. The third-order valence-electron chi connectivity index (χ3n) is 5.46. The van der Waals surface area contributed by atoms with E-state index < -0.39 is 23.8 Å². The smallest absolute Gasteiger partial charge is 0.309 e. The molecule has 0 amide bonds. The highest BCUT2D eigenvalue weighted by Gasteiger charge is 2.28. The van der Waals surface area contributed by atoms with Crippen molar-refractivity contribution in [2.24, 2.45) is 5.92 Å². The lowest BCUT2D eigenvalue weighted by atomic mass is 10.0. The van der Waals surface area contributed by atoms with Crippen LogP contribution >= 0.6 is 0 Å². The number of unbranched alkanes of at least 4 members (excludes halogenated alkanes) is 2. The quantitative estimate of drug-likeness (QED) is 0.248. The molecule has 0 saturated heterocycles. The number of methoxy groups -OCH3 is 1. The normalized spacial score (nSPS) is 13.7. The van der Waals surface area contributed by atoms with E-state index in [9.17, 15) is 14.7 Å². The molecule has 0 aliphatic carbocycles. The molecular formula is C26H35NO6. The molecule has 1 aromatic heterocycles. The van der Waals surface area contributed by atoms with Crippen molar-refractivity contribution in [1.29, 1.82) is 0 Å². The van der Waals surface area contributed by atoms with Crippen molar-refractivity contribution >= 4 is 11.8 Å². The van der Waals surface area contributed by atoms with Gasteiger partial charge in [-0.05, 0) is 18.9 Å². The SMILES string of the molecule is CCCCCO[C@@H](C)[C@@H](Cc1ccccc1)OC(=O)[C@H](C)CC(=O)c1nccc(OC)c1O. The number of aromatic nitrogens is 1. The van der Waals surface area contributed by atoms with Gasteiger partial charge in [0.15, 0.2) is 23.0 Å². The highest BCUT2D eigenvalue weighted by atomic mass is 16.6. The second-order valence-electron chi connectivity index (χ2n) is 8.19. The number of hydrogen-bond donors (Lipinski definition) is 1. The second kappa shape index (κ2) is 13.6. The van der Waals surface area contributed by atoms with E-state index in [2.05, 4.69) is 11.9 Å². The minimum atomic E-state index is -0.713. The number of hydrogen-bond acceptors (Lipinski definition) is 7. The summed E-state index contributed by atoms with van der Waals surface area (Å²) in [6.45, 7) is 6.27. The Hall–Kier alpha value is -2.93. The van der Waals surface area contributed by atoms with E-state index in [1.807, 2.05) is 37.3 Å². The summed E-state index contributed by atoms with van der Waals surface area (Å²) in [5.41, 5.74) is 0.913. The summed E-state index contributed by atoms with van der Waals surface area (Å²) in [4.78, 5) is 29.5. The lowest BCUT2D eigenvalue weighted by Crippen LogP contribution is -2.35. The van der Waals surface area contributed by atoms with Gasteiger partial charge in [-0.3, -0.25) is 9.59 Å². The number of ether oxygens (including phenoxy) is 3. The minimum Gasteiger partial charge on any atom is -0.503 e. The number of pyridine rings is 1. The molecular weight excluding hydrogens is 422 g/mol. The monoisotopic (exact) mass is 457 g/mol. The fraction of sp³-hybridized carbons (Fsp3) is 0.500. The van der Waals surface area contributed by atoms with E-state index in [0.717, 1.165) is 24.8 Å². The maximum Gasteiger partial charge on any atom is 0.309 e. The summed E-state index contributed by atoms with van der Waals surface area (Å²) in [5, 5.41) is 10.2. The van der Waals surface area contributed by atoms with Crippen LogP contribution in [0.3, 0.4) is 0 Å². The molecule has 7 heteroatoms. The first-order valence-corrected chi connectivity index (χ1v) is 11.5. The molecule has 0 aliphatic heterocycles. The van der Waals surface area contributed by atoms with Gasteiger partial charge in [0.2, 0.25) is 0 Å². The fourth-order valence-corrected chi connectivity index (χ4v) is 3.41. The summed E-state index contributed by atoms with van der Waals surface area (Å²) >= 11 is 0. The molecule has 2 rings (SSSR count). The van der Waals surface area contributed by atoms with Gasteiger partial charge in [0, 0.05) is 31.7 Å². The number of benzene rings is 1. The molecule has 1 aromatic carbocycles. The van der Waals surface area contributed by atoms with Crippen LogP contribution in [0.15, 0.2) is 42.6 Å². The van der Waals surface area contributed by atoms with Gasteiger partial charge in [-0.2, -0.15) is 0 Å². The van der Waals surface area contributed by atoms with Crippen LogP contribution < -0.4 is 4.74 Å². The van der Waals surface area contributed by atoms with Crippen LogP contribution in [0, 0.1) is 5.92 Å². The lowest BCUT2D eigenvalue weighted by Gasteiger charge is -2.26. The molecule has 0 bridgehead atoms. The Kier molecular flexibility index (Phi) is 10.8. The lowest BCUT2D eigenvalue weighted by molar-refractivity contribution is -0.161. The number of rotatable bonds is 14. The highest BCUT2D eigenvalue weighted by molar-refractivity contribution is 5.99. The van der Waals surface area contributed by atoms with Crippen molar-refractivity contribution in [2.75, 3.05) is 13.7 Å². The zero-order chi connectivity index (χ0) is 24.2. The largest absolute Gasteiger partial charge is 0.503 e. The van der Waals surface area contributed by atoms with Gasteiger partial charge < -0.3 is 19.3 Å². The number of aromatic hydroxyl groups is 1. The first-order valence-electron chi connectivity index (χ1n) is 11.5. The van der Waals surface area contributed by atoms with Gasteiger partial charge in [0.25, 0.3) is 0 Å². The summed E-state index contributed by atoms with van der Waals surface area (Å²) < 4.78 is 16.8. The Morgan fingerprint density at radius 3 is 2.48 bits per heavy atom. The van der Waals surface area contributed by atoms with Crippen molar-refractivity contribution < 1.29 is 28.9 Å². The average Bonchev–Trinajstić information content (AvgIpc) is 2.81. The van der Waals surface area contributed by atoms with E-state index in [4.69, 9.17) is 14.2 Å². The van der Waals surface area contributed by atoms with E-state index in [0.29, 0.717) is 13.0 Å². The number of carbonyl (C=O) groups is 2. The molecule has 0 radical (unpaired) electrons. The summed E-state index contributed by atoms with van der Waals surface area (Å²) in [5.74, 6) is -1.84. The van der Waals surface area contributed by atoms with Crippen molar-refractivity contribution in [1.82, 2.24) is 4.98 Å². The van der Waals surface area contributed by atoms with Crippen LogP contribution in [0.25, 0.3) is 0 Å². The number of ketones is 1. The summed E-state index contributed by atoms with van der Waals surface area (Å²) in [6.07, 6.45) is 4.11. The van der Waals surface area contributed by atoms with E-state index >= 15 is 0 Å². The number of Topliss-reactive ketones (excluding diaryl/α,β-unsaturated/α-hetero) is 1. The number of esters is 1. The Balaban J connectivity index is 2.04. The Morgan fingerprint density at radius 1 is 1.09 bits per heavy atom. The predicted octanol–water partition coefficient (Wildman–Crippen LogP) is 4.75. The van der Waals surface area contributed by atoms with Gasteiger partial charge >= 0.3 is 5.97 Å². The minimum absolute atomic E-state index is 0.123. The van der Waals surface area contributed by atoms with Crippen LogP contribution in [-0.4, -0.2) is 47.8 Å². The average molecular weight is 458 g/mol. The van der Waals surface area contributed by atoms with Crippen molar-refractivity contribution in [3.8, 4) is 11.5 Å². The van der Waals surface area contributed by atoms with Crippen LogP contribution in [-0.2, 0) is 20.7 Å². The third kappa shape index (κ3) is 8.17. The number of carbonyl (C=O) groups excluding carboxylic acids is 2. The molecule has 0 aliphatic rings. The zero-order valence-corrected chi connectivity index (χ0v) is 20.0. The Bertz CT molecular complexity index is 886. The van der Waals surface area contributed by atoms with Crippen molar-refractivity contribution in [3.63, 3.8) is 0 Å². The molecule has 7 nitrogen and oxygen atoms in total. The number of nitrogens with zero attached hydrogens (tertiary/aromatic N) is 1. The maximum atomic E-state index is 12.9. The first-order chi connectivity index (χ1) is 15.9. The maximum absolute atomic E-state index is 12.9. The molecule has 0 spiro atoms. The van der Waals surface area contributed by atoms with Gasteiger partial charge in [0.1, 0.15) is 6.10 Å². The second-order valence-corrected chi connectivity index (χ2v) is 8.19. The summed E-state index contributed by atoms with van der Waals surface area (Å²) in [7, 11) is 1.39. The van der Waals surface area contributed by atoms with Crippen molar-refractivity contribution in [2.45, 2.75) is 65.1 Å². The topological polar surface area (TPSA) is 95.0 Å². The zero-order valence-electron chi connectivity index (χ0n) is 20.0. The van der Waals surface area contributed by atoms with Gasteiger partial charge in [-0.15, -0.1) is 0 Å². The molecule has 180 valence electrons. The molecule has 0 fully saturated rings. The van der Waals surface area contributed by atoms with Gasteiger partial charge in [-0.1, -0.05) is 57.0 Å². The molecule has 33 heavy (non-hydrogen) atoms. The van der Waals surface area contributed by atoms with Crippen LogP contribution in [0.1, 0.15) is 62.5 Å². The van der Waals surface area contributed by atoms with Gasteiger partial charge in [0.05, 0.1) is 19.1 Å². The van der Waals surface area contributed by atoms with Crippen LogP contribution in [0.4, 0.5) is 0 Å². The standard InChI is InChI=1S/C26H35NO6/c1-5-6-10-15-32-19(3)23(17-20-11-8-7-9-12-20)33-26(30)18(2)16-21(28)24-25(29)22(31-4)13-14-27-24/h7-9,11-14,18-19,23,29H,5-6,10,15-17H2,1-4H3/t18-,19+,23-/m1/s1. The molecule has 0 saturated carbocycles. The van der Waals surface area contributed by atoms with Crippen LogP contribution in [0.2, 0.25) is 0 Å². The van der Waals surface area contributed by atoms with E-state index in [1.54, 1.807) is 6.92 Å². The highest BCUT2D eigenvalue weighted by Crippen LogP contribution is 2.29. The fourth-order valence-electron chi connectivity index (χ4n) is 3.41. The molecule has 1 N–H and O–H groups in total. The third-order valence-corrected chi connectivity index (χ3v) is 5.46. The van der Waals surface area contributed by atoms with E-state index in [1.165, 1.54) is 19.4 Å². The van der Waals surface area contributed by atoms with Crippen LogP contribution in [0.5, 0.6) is 11.5 Å². The Morgan fingerprint density at radius 2 is 1.82 bits per heavy atom. The first kappa shape index (κ1) is 26.3.